The minimum absolute atomic E-state index is 0.112. The van der Waals surface area contributed by atoms with Gasteiger partial charge in [-0.25, -0.2) is 4.39 Å². The molecule has 0 atom stereocenters. The number of hydrogen-bond acceptors (Lipinski definition) is 2. The van der Waals surface area contributed by atoms with Crippen molar-refractivity contribution in [2.75, 3.05) is 13.1 Å². The zero-order valence-corrected chi connectivity index (χ0v) is 13.3. The van der Waals surface area contributed by atoms with E-state index in [4.69, 9.17) is 0 Å². The number of aryl methyl sites for hydroxylation is 1. The van der Waals surface area contributed by atoms with E-state index in [9.17, 15) is 14.0 Å². The lowest BCUT2D eigenvalue weighted by Gasteiger charge is -2.32. The van der Waals surface area contributed by atoms with Crippen LogP contribution in [0.5, 0.6) is 0 Å². The molecule has 1 saturated carbocycles. The Labute approximate surface area is 136 Å². The van der Waals surface area contributed by atoms with E-state index in [1.807, 2.05) is 11.0 Å². The van der Waals surface area contributed by atoms with Crippen molar-refractivity contribution >= 4 is 11.8 Å². The number of likely N-dealkylation sites (tertiary alicyclic amines) is 1. The summed E-state index contributed by atoms with van der Waals surface area (Å²) in [6.07, 6.45) is 4.65. The average Bonchev–Trinajstić information content (AvgIpc) is 3.38. The molecular formula is C18H23FN2O2. The summed E-state index contributed by atoms with van der Waals surface area (Å²) in [5.41, 5.74) is 0.852. The molecule has 1 aromatic rings. The largest absolute Gasteiger partial charge is 0.353 e. The Kier molecular flexibility index (Phi) is 4.94. The van der Waals surface area contributed by atoms with Crippen molar-refractivity contribution in [2.24, 2.45) is 5.92 Å². The van der Waals surface area contributed by atoms with Crippen LogP contribution in [0.15, 0.2) is 24.3 Å². The summed E-state index contributed by atoms with van der Waals surface area (Å²) in [7, 11) is 0. The Morgan fingerprint density at radius 2 is 1.91 bits per heavy atom. The number of carbonyl (C=O) groups is 2. The SMILES string of the molecule is O=C(NC1CCN(C(=O)CCc2cccc(F)c2)CC1)C1CC1. The molecular weight excluding hydrogens is 295 g/mol. The van der Waals surface area contributed by atoms with Gasteiger partial charge in [0.25, 0.3) is 0 Å². The molecule has 3 rings (SSSR count). The van der Waals surface area contributed by atoms with Gasteiger partial charge in [0.1, 0.15) is 5.82 Å². The van der Waals surface area contributed by atoms with Crippen LogP contribution in [0.2, 0.25) is 0 Å². The lowest BCUT2D eigenvalue weighted by molar-refractivity contribution is -0.132. The van der Waals surface area contributed by atoms with Crippen LogP contribution in [-0.4, -0.2) is 35.8 Å². The minimum Gasteiger partial charge on any atom is -0.353 e. The Hall–Kier alpha value is -1.91. The van der Waals surface area contributed by atoms with Crippen molar-refractivity contribution in [3.05, 3.63) is 35.6 Å². The molecule has 2 fully saturated rings. The first-order valence-corrected chi connectivity index (χ1v) is 8.44. The van der Waals surface area contributed by atoms with Gasteiger partial charge in [-0.1, -0.05) is 12.1 Å². The van der Waals surface area contributed by atoms with E-state index in [1.165, 1.54) is 12.1 Å². The topological polar surface area (TPSA) is 49.4 Å². The molecule has 1 aliphatic heterocycles. The average molecular weight is 318 g/mol. The monoisotopic (exact) mass is 318 g/mol. The molecule has 2 amide bonds. The second-order valence-electron chi connectivity index (χ2n) is 6.57. The Balaban J connectivity index is 1.40. The van der Waals surface area contributed by atoms with Crippen LogP contribution < -0.4 is 5.32 Å². The highest BCUT2D eigenvalue weighted by Gasteiger charge is 2.32. The summed E-state index contributed by atoms with van der Waals surface area (Å²) < 4.78 is 13.1. The van der Waals surface area contributed by atoms with Crippen LogP contribution in [0.25, 0.3) is 0 Å². The maximum atomic E-state index is 13.1. The molecule has 23 heavy (non-hydrogen) atoms. The van der Waals surface area contributed by atoms with Crippen LogP contribution in [0.1, 0.15) is 37.7 Å². The zero-order valence-electron chi connectivity index (χ0n) is 13.3. The molecule has 1 N–H and O–H groups in total. The highest BCUT2D eigenvalue weighted by Crippen LogP contribution is 2.29. The second-order valence-corrected chi connectivity index (χ2v) is 6.57. The third-order valence-electron chi connectivity index (χ3n) is 4.66. The molecule has 0 aromatic heterocycles. The highest BCUT2D eigenvalue weighted by atomic mass is 19.1. The number of carbonyl (C=O) groups excluding carboxylic acids is 2. The molecule has 1 aliphatic carbocycles. The number of rotatable bonds is 5. The van der Waals surface area contributed by atoms with E-state index < -0.39 is 0 Å². The van der Waals surface area contributed by atoms with E-state index >= 15 is 0 Å². The maximum absolute atomic E-state index is 13.1. The van der Waals surface area contributed by atoms with Gasteiger partial charge in [0.2, 0.25) is 11.8 Å². The van der Waals surface area contributed by atoms with Gasteiger partial charge in [-0.3, -0.25) is 9.59 Å². The van der Waals surface area contributed by atoms with Gasteiger partial charge in [0, 0.05) is 31.5 Å². The molecule has 4 nitrogen and oxygen atoms in total. The Morgan fingerprint density at radius 1 is 1.17 bits per heavy atom. The zero-order chi connectivity index (χ0) is 16.2. The van der Waals surface area contributed by atoms with Gasteiger partial charge in [-0.05, 0) is 49.8 Å². The van der Waals surface area contributed by atoms with Gasteiger partial charge in [-0.15, -0.1) is 0 Å². The molecule has 0 bridgehead atoms. The van der Waals surface area contributed by atoms with Crippen molar-refractivity contribution < 1.29 is 14.0 Å². The highest BCUT2D eigenvalue weighted by molar-refractivity contribution is 5.81. The predicted octanol–water partition coefficient (Wildman–Crippen LogP) is 2.28. The molecule has 1 heterocycles. The van der Waals surface area contributed by atoms with E-state index in [2.05, 4.69) is 5.32 Å². The Bertz CT molecular complexity index is 578. The fraction of sp³-hybridized carbons (Fsp3) is 0.556. The standard InChI is InChI=1S/C18H23FN2O2/c19-15-3-1-2-13(12-15)4-7-17(22)21-10-8-16(9-11-21)20-18(23)14-5-6-14/h1-3,12,14,16H,4-11H2,(H,20,23). The van der Waals surface area contributed by atoms with Crippen LogP contribution in [0.4, 0.5) is 4.39 Å². The van der Waals surface area contributed by atoms with Gasteiger partial charge < -0.3 is 10.2 Å². The number of halogens is 1. The number of nitrogens with one attached hydrogen (secondary N) is 1. The van der Waals surface area contributed by atoms with Crippen molar-refractivity contribution in [2.45, 2.75) is 44.6 Å². The lowest BCUT2D eigenvalue weighted by atomic mass is 10.0. The number of benzene rings is 1. The van der Waals surface area contributed by atoms with E-state index in [0.29, 0.717) is 25.9 Å². The van der Waals surface area contributed by atoms with Crippen LogP contribution in [0.3, 0.4) is 0 Å². The van der Waals surface area contributed by atoms with Gasteiger partial charge in [0.05, 0.1) is 0 Å². The maximum Gasteiger partial charge on any atom is 0.223 e. The molecule has 5 heteroatoms. The van der Waals surface area contributed by atoms with E-state index in [0.717, 1.165) is 31.2 Å². The molecule has 1 saturated heterocycles. The summed E-state index contributed by atoms with van der Waals surface area (Å²) in [5.74, 6) is 0.269. The first kappa shape index (κ1) is 16.0. The van der Waals surface area contributed by atoms with Crippen molar-refractivity contribution in [3.63, 3.8) is 0 Å². The van der Waals surface area contributed by atoms with Crippen LogP contribution >= 0.6 is 0 Å². The number of hydrogen-bond donors (Lipinski definition) is 1. The van der Waals surface area contributed by atoms with E-state index in [-0.39, 0.29) is 29.6 Å². The van der Waals surface area contributed by atoms with Crippen molar-refractivity contribution in [3.8, 4) is 0 Å². The van der Waals surface area contributed by atoms with Gasteiger partial charge in [-0.2, -0.15) is 0 Å². The third kappa shape index (κ3) is 4.53. The fourth-order valence-electron chi connectivity index (χ4n) is 3.04. The van der Waals surface area contributed by atoms with Crippen molar-refractivity contribution in [1.82, 2.24) is 10.2 Å². The van der Waals surface area contributed by atoms with Crippen molar-refractivity contribution in [1.29, 1.82) is 0 Å². The summed E-state index contributed by atoms with van der Waals surface area (Å²) in [5, 5.41) is 3.09. The fourth-order valence-corrected chi connectivity index (χ4v) is 3.04. The van der Waals surface area contributed by atoms with Gasteiger partial charge >= 0.3 is 0 Å². The molecule has 2 aliphatic rings. The van der Waals surface area contributed by atoms with E-state index in [1.54, 1.807) is 6.07 Å². The number of amides is 2. The predicted molar refractivity (Wildman–Crippen MR) is 85.2 cm³/mol. The first-order chi connectivity index (χ1) is 11.1. The normalized spacial score (nSPS) is 18.7. The summed E-state index contributed by atoms with van der Waals surface area (Å²) >= 11 is 0. The molecule has 1 aromatic carbocycles. The molecule has 0 unspecified atom stereocenters. The summed E-state index contributed by atoms with van der Waals surface area (Å²) in [6.45, 7) is 1.38. The number of nitrogens with zero attached hydrogens (tertiary/aromatic N) is 1. The number of piperidine rings is 1. The van der Waals surface area contributed by atoms with Crippen LogP contribution in [-0.2, 0) is 16.0 Å². The first-order valence-electron chi connectivity index (χ1n) is 8.44. The molecule has 0 spiro atoms. The summed E-state index contributed by atoms with van der Waals surface area (Å²) in [4.78, 5) is 25.9. The quantitative estimate of drug-likeness (QED) is 0.905. The second kappa shape index (κ2) is 7.11. The smallest absolute Gasteiger partial charge is 0.223 e. The minimum atomic E-state index is -0.262. The molecule has 124 valence electrons. The summed E-state index contributed by atoms with van der Waals surface area (Å²) in [6, 6.07) is 6.60. The molecule has 0 radical (unpaired) electrons. The third-order valence-corrected chi connectivity index (χ3v) is 4.66. The van der Waals surface area contributed by atoms with Gasteiger partial charge in [0.15, 0.2) is 0 Å². The van der Waals surface area contributed by atoms with Crippen LogP contribution in [0, 0.1) is 11.7 Å². The lowest BCUT2D eigenvalue weighted by Crippen LogP contribution is -2.47. The Morgan fingerprint density at radius 3 is 2.57 bits per heavy atom.